The average molecular weight is 554 g/mol. The van der Waals surface area contributed by atoms with Crippen molar-refractivity contribution < 1.29 is 37.4 Å². The summed E-state index contributed by atoms with van der Waals surface area (Å²) in [4.78, 5) is 24.6. The normalized spacial score (nSPS) is 19.1. The second-order valence-corrected chi connectivity index (χ2v) is 9.23. The highest BCUT2D eigenvalue weighted by Crippen LogP contribution is 2.45. The topological polar surface area (TPSA) is 152 Å². The molecule has 0 bridgehead atoms. The Bertz CT molecular complexity index is 1520. The number of anilines is 2. The molecular weight excluding hydrogens is 531 g/mol. The van der Waals surface area contributed by atoms with Gasteiger partial charge in [-0.1, -0.05) is 12.1 Å². The Morgan fingerprint density at radius 3 is 2.55 bits per heavy atom. The maximum atomic E-state index is 13.6. The molecule has 206 valence electrons. The van der Waals surface area contributed by atoms with Crippen molar-refractivity contribution in [2.75, 3.05) is 10.6 Å². The van der Waals surface area contributed by atoms with Gasteiger partial charge in [0, 0.05) is 18.1 Å². The summed E-state index contributed by atoms with van der Waals surface area (Å²) >= 11 is 0. The van der Waals surface area contributed by atoms with Crippen molar-refractivity contribution in [3.05, 3.63) is 90.1 Å². The van der Waals surface area contributed by atoms with Crippen molar-refractivity contribution in [3.8, 4) is 0 Å². The van der Waals surface area contributed by atoms with Gasteiger partial charge in [0.2, 0.25) is 11.8 Å². The molecule has 0 aliphatic heterocycles. The number of carbonyl (C=O) groups is 1. The van der Waals surface area contributed by atoms with E-state index in [0.29, 0.717) is 23.5 Å². The van der Waals surface area contributed by atoms with Crippen LogP contribution in [0.15, 0.2) is 82.7 Å². The standard InChI is InChI=1S/C26H22F3N7O4/c27-26(28,29)17-9-19(32-23(37)16-12-25(39,13-16)21-6-2-4-8-31-21)11-20(10-17)33-24(38)34-22-15-36(35-40-22)14-18-5-1-3-7-30-18/h1-11,15-16,39H,12-14H2,(H2-,32,33,34,35,37,38). The molecule has 2 amide bonds. The van der Waals surface area contributed by atoms with Crippen molar-refractivity contribution in [1.82, 2.24) is 15.2 Å². The molecule has 3 N–H and O–H groups in total. The Hall–Kier alpha value is -4.85. The van der Waals surface area contributed by atoms with E-state index in [4.69, 9.17) is 4.52 Å². The van der Waals surface area contributed by atoms with E-state index < -0.39 is 35.2 Å². The molecule has 1 aliphatic carbocycles. The number of aromatic nitrogens is 4. The highest BCUT2D eigenvalue weighted by atomic mass is 19.4. The summed E-state index contributed by atoms with van der Waals surface area (Å²) < 4.78 is 47.1. The van der Waals surface area contributed by atoms with E-state index >= 15 is 0 Å². The van der Waals surface area contributed by atoms with Gasteiger partial charge in [0.15, 0.2) is 0 Å². The summed E-state index contributed by atoms with van der Waals surface area (Å²) in [5.41, 5.74) is -1.86. The lowest BCUT2D eigenvalue weighted by atomic mass is 9.69. The van der Waals surface area contributed by atoms with Gasteiger partial charge in [-0.15, -0.1) is 0 Å². The summed E-state index contributed by atoms with van der Waals surface area (Å²) in [6, 6.07) is 12.0. The van der Waals surface area contributed by atoms with Gasteiger partial charge in [0.25, 0.3) is 6.20 Å². The zero-order valence-corrected chi connectivity index (χ0v) is 20.7. The Morgan fingerprint density at radius 1 is 1.12 bits per heavy atom. The third kappa shape index (κ3) is 6.23. The number of rotatable bonds is 7. The monoisotopic (exact) mass is 553 g/mol. The number of aliphatic hydroxyl groups is 1. The number of amides is 2. The molecule has 3 aromatic heterocycles. The highest BCUT2D eigenvalue weighted by Gasteiger charge is 2.45. The molecule has 11 nitrogen and oxygen atoms in total. The van der Waals surface area contributed by atoms with Gasteiger partial charge in [-0.2, -0.15) is 13.2 Å². The zero-order valence-electron chi connectivity index (χ0n) is 20.7. The number of alkyl halides is 3. The minimum absolute atomic E-state index is 0.0380. The van der Waals surface area contributed by atoms with Crippen molar-refractivity contribution in [2.24, 2.45) is 10.9 Å². The van der Waals surface area contributed by atoms with Crippen molar-refractivity contribution in [3.63, 3.8) is 0 Å². The molecule has 1 aliphatic rings. The van der Waals surface area contributed by atoms with Gasteiger partial charge >= 0.3 is 18.1 Å². The molecule has 3 heterocycles. The molecule has 4 aromatic rings. The van der Waals surface area contributed by atoms with Crippen LogP contribution in [-0.2, 0) is 18.3 Å². The first-order valence-electron chi connectivity index (χ1n) is 12.0. The van der Waals surface area contributed by atoms with Crippen LogP contribution >= 0.6 is 0 Å². The van der Waals surface area contributed by atoms with Gasteiger partial charge in [0.1, 0.15) is 11.3 Å². The number of pyridine rings is 2. The maximum absolute atomic E-state index is 13.6. The molecule has 40 heavy (non-hydrogen) atoms. The third-order valence-electron chi connectivity index (χ3n) is 6.20. The van der Waals surface area contributed by atoms with E-state index in [1.807, 2.05) is 0 Å². The van der Waals surface area contributed by atoms with Crippen LogP contribution in [0, 0.1) is 5.92 Å². The van der Waals surface area contributed by atoms with Crippen LogP contribution in [0.25, 0.3) is 0 Å². The van der Waals surface area contributed by atoms with Crippen LogP contribution in [-0.4, -0.2) is 32.3 Å². The quantitative estimate of drug-likeness (QED) is 0.181. The van der Waals surface area contributed by atoms with Crippen molar-refractivity contribution >= 4 is 29.2 Å². The minimum Gasteiger partial charge on any atom is -0.861 e. The van der Waals surface area contributed by atoms with Crippen LogP contribution in [0.1, 0.15) is 29.8 Å². The Morgan fingerprint density at radius 2 is 1.88 bits per heavy atom. The fourth-order valence-corrected chi connectivity index (χ4v) is 4.25. The first kappa shape index (κ1) is 26.7. The minimum atomic E-state index is -4.76. The molecule has 0 spiro atoms. The molecule has 0 unspecified atom stereocenters. The van der Waals surface area contributed by atoms with Gasteiger partial charge in [-0.25, -0.2) is 4.79 Å². The largest absolute Gasteiger partial charge is 0.861 e. The molecule has 1 fully saturated rings. The third-order valence-corrected chi connectivity index (χ3v) is 6.20. The maximum Gasteiger partial charge on any atom is 0.416 e. The van der Waals surface area contributed by atoms with Crippen LogP contribution in [0.3, 0.4) is 0 Å². The lowest BCUT2D eigenvalue weighted by Gasteiger charge is -2.45. The van der Waals surface area contributed by atoms with Crippen LogP contribution in [0.2, 0.25) is 0 Å². The Labute approximate surface area is 225 Å². The number of nitrogens with one attached hydrogen (secondary N) is 2. The first-order chi connectivity index (χ1) is 19.1. The lowest BCUT2D eigenvalue weighted by Crippen LogP contribution is -2.48. The van der Waals surface area contributed by atoms with E-state index in [1.165, 1.54) is 17.1 Å². The smallest absolute Gasteiger partial charge is 0.416 e. The summed E-state index contributed by atoms with van der Waals surface area (Å²) in [6.07, 6.45) is -0.182. The van der Waals surface area contributed by atoms with E-state index in [9.17, 15) is 28.2 Å². The number of hydrogen-bond acceptors (Lipinski definition) is 8. The number of nitrogens with zero attached hydrogens (tertiary/aromatic N) is 5. The highest BCUT2D eigenvalue weighted by molar-refractivity contribution is 5.99. The SMILES string of the molecule is O=C(Nc1cc(N=C([O-])C2CC(O)(c3ccccn3)C2)cc(C(F)(F)F)c1)Nc1c[n+](Cc2ccccn2)no1. The summed E-state index contributed by atoms with van der Waals surface area (Å²) in [5.74, 6) is -1.44. The molecule has 0 atom stereocenters. The van der Waals surface area contributed by atoms with Gasteiger partial charge in [-0.3, -0.25) is 24.8 Å². The number of halogens is 3. The number of hydrogen-bond donors (Lipinski definition) is 3. The van der Waals surface area contributed by atoms with Crippen LogP contribution in [0.4, 0.5) is 35.2 Å². The van der Waals surface area contributed by atoms with E-state index in [2.05, 4.69) is 30.9 Å². The second-order valence-electron chi connectivity index (χ2n) is 9.23. The van der Waals surface area contributed by atoms with Crippen LogP contribution in [0.5, 0.6) is 0 Å². The molecule has 1 saturated carbocycles. The van der Waals surface area contributed by atoms with Crippen LogP contribution < -0.4 is 20.4 Å². The summed E-state index contributed by atoms with van der Waals surface area (Å²) in [6.45, 7) is 0.264. The predicted molar refractivity (Wildman–Crippen MR) is 132 cm³/mol. The Balaban J connectivity index is 1.27. The molecule has 14 heteroatoms. The average Bonchev–Trinajstić information content (AvgIpc) is 3.33. The van der Waals surface area contributed by atoms with E-state index in [1.54, 1.807) is 42.6 Å². The summed E-state index contributed by atoms with van der Waals surface area (Å²) in [7, 11) is 0. The molecule has 5 rings (SSSR count). The first-order valence-corrected chi connectivity index (χ1v) is 12.0. The van der Waals surface area contributed by atoms with E-state index in [0.717, 1.165) is 6.07 Å². The van der Waals surface area contributed by atoms with Gasteiger partial charge in [-0.05, 0) is 71.8 Å². The van der Waals surface area contributed by atoms with Gasteiger partial charge < -0.3 is 15.5 Å². The Kier molecular flexibility index (Phi) is 7.17. The fraction of sp³-hybridized carbons (Fsp3) is 0.231. The zero-order chi connectivity index (χ0) is 28.3. The predicted octanol–water partition coefficient (Wildman–Crippen LogP) is 3.15. The lowest BCUT2D eigenvalue weighted by molar-refractivity contribution is -0.755. The number of benzene rings is 1. The fourth-order valence-electron chi connectivity index (χ4n) is 4.25. The number of urea groups is 1. The molecular formula is C26H22F3N7O4. The van der Waals surface area contributed by atoms with Crippen molar-refractivity contribution in [2.45, 2.75) is 31.2 Å². The molecule has 1 aromatic carbocycles. The van der Waals surface area contributed by atoms with E-state index in [-0.39, 0.29) is 36.6 Å². The molecule has 0 radical (unpaired) electrons. The number of carbonyl (C=O) groups excluding carboxylic acids is 1. The molecule has 0 saturated heterocycles. The summed E-state index contributed by atoms with van der Waals surface area (Å²) in [5, 5.41) is 31.8. The van der Waals surface area contributed by atoms with Gasteiger partial charge in [0.05, 0.1) is 16.9 Å². The second kappa shape index (κ2) is 10.7. The number of aliphatic imine (C=N–C) groups is 1. The van der Waals surface area contributed by atoms with Crippen molar-refractivity contribution in [1.29, 1.82) is 0 Å².